The number of para-hydroxylation sites is 1. The van der Waals surface area contributed by atoms with Gasteiger partial charge in [0.1, 0.15) is 16.1 Å². The summed E-state index contributed by atoms with van der Waals surface area (Å²) in [5.41, 5.74) is 3.30. The third kappa shape index (κ3) is 5.22. The van der Waals surface area contributed by atoms with E-state index in [1.54, 1.807) is 13.3 Å². The molecule has 5 rings (SSSR count). The van der Waals surface area contributed by atoms with Crippen LogP contribution in [0.4, 0.5) is 28.8 Å². The van der Waals surface area contributed by atoms with Crippen LogP contribution in [0.15, 0.2) is 48.7 Å². The molecule has 8 nitrogen and oxygen atoms in total. The number of nitrogens with zero attached hydrogens (tertiary/aromatic N) is 3. The molecule has 3 heterocycles. The van der Waals surface area contributed by atoms with E-state index in [4.69, 9.17) is 19.2 Å². The number of benzene rings is 2. The Morgan fingerprint density at radius 1 is 1.14 bits per heavy atom. The first-order chi connectivity index (χ1) is 17.3. The van der Waals surface area contributed by atoms with Gasteiger partial charge >= 0.3 is 0 Å². The molecule has 36 heavy (non-hydrogen) atoms. The molecule has 2 aliphatic rings. The largest absolute Gasteiger partial charge is 0.494 e. The Kier molecular flexibility index (Phi) is 7.47. The van der Waals surface area contributed by atoms with Gasteiger partial charge in [-0.05, 0) is 30.7 Å². The van der Waals surface area contributed by atoms with Crippen LogP contribution in [-0.4, -0.2) is 56.6 Å². The first-order valence-electron chi connectivity index (χ1n) is 11.8. The molecule has 2 aromatic carbocycles. The average Bonchev–Trinajstić information content (AvgIpc) is 3.33. The van der Waals surface area contributed by atoms with Crippen LogP contribution in [0, 0.1) is 5.41 Å². The van der Waals surface area contributed by atoms with Crippen LogP contribution < -0.4 is 30.9 Å². The standard InChI is InChI=1S/C25H30ClIN6O2P/c1-34-21-12-17(33-11-10-25(16-33)14-28-15-25)8-9-19(21)31-24-29-13-18(26)23(32-24)30-20-6-4-5-7-22(20)36(2,3)35-27/h4-9,12-13,28H,10-11,14-16H2,1-3H3,(H2,29,30,31,32)/q+1. The fourth-order valence-corrected chi connectivity index (χ4v) is 6.76. The molecular formula is C25H30ClIN6O2P+. The molecule has 3 aromatic rings. The minimum Gasteiger partial charge on any atom is -0.494 e. The van der Waals surface area contributed by atoms with E-state index < -0.39 is 7.49 Å². The van der Waals surface area contributed by atoms with Crippen molar-refractivity contribution in [2.24, 2.45) is 5.41 Å². The SMILES string of the molecule is COc1cc(N2CCC3(CNC3)C2)ccc1Nc1ncc(Cl)c(Nc2ccccc2[P+](C)(C)OI)n1. The van der Waals surface area contributed by atoms with Crippen LogP contribution in [0.25, 0.3) is 0 Å². The third-order valence-corrected chi connectivity index (χ3v) is 12.0. The van der Waals surface area contributed by atoms with E-state index in [-0.39, 0.29) is 0 Å². The Labute approximate surface area is 231 Å². The highest BCUT2D eigenvalue weighted by Crippen LogP contribution is 2.55. The van der Waals surface area contributed by atoms with E-state index >= 15 is 0 Å². The Balaban J connectivity index is 1.36. The van der Waals surface area contributed by atoms with Gasteiger partial charge in [0.2, 0.25) is 5.95 Å². The number of aromatic nitrogens is 2. The van der Waals surface area contributed by atoms with Crippen molar-refractivity contribution in [2.45, 2.75) is 6.42 Å². The number of rotatable bonds is 8. The second kappa shape index (κ2) is 10.5. The predicted molar refractivity (Wildman–Crippen MR) is 159 cm³/mol. The summed E-state index contributed by atoms with van der Waals surface area (Å²) in [6, 6.07) is 14.3. The van der Waals surface area contributed by atoms with Crippen LogP contribution in [0.5, 0.6) is 5.75 Å². The minimum atomic E-state index is -1.77. The van der Waals surface area contributed by atoms with E-state index in [0.29, 0.717) is 22.2 Å². The predicted octanol–water partition coefficient (Wildman–Crippen LogP) is 5.61. The quantitative estimate of drug-likeness (QED) is 0.217. The van der Waals surface area contributed by atoms with Crippen LogP contribution >= 0.6 is 42.1 Å². The van der Waals surface area contributed by atoms with Gasteiger partial charge in [0, 0.05) is 43.3 Å². The molecule has 2 aliphatic heterocycles. The van der Waals surface area contributed by atoms with Crippen LogP contribution in [0.3, 0.4) is 0 Å². The zero-order valence-electron chi connectivity index (χ0n) is 20.5. The molecule has 0 atom stereocenters. The van der Waals surface area contributed by atoms with Crippen molar-refractivity contribution in [1.29, 1.82) is 0 Å². The summed E-state index contributed by atoms with van der Waals surface area (Å²) in [4.78, 5) is 11.5. The monoisotopic (exact) mass is 639 g/mol. The lowest BCUT2D eigenvalue weighted by molar-refractivity contribution is 0.200. The van der Waals surface area contributed by atoms with Gasteiger partial charge in [-0.3, -0.25) is 0 Å². The Bertz CT molecular complexity index is 1260. The van der Waals surface area contributed by atoms with Gasteiger partial charge in [0.25, 0.3) is 0 Å². The molecule has 190 valence electrons. The zero-order chi connectivity index (χ0) is 25.3. The van der Waals surface area contributed by atoms with Gasteiger partial charge in [-0.15, -0.1) is 0 Å². The minimum absolute atomic E-state index is 0.422. The summed E-state index contributed by atoms with van der Waals surface area (Å²) >= 11 is 8.44. The van der Waals surface area contributed by atoms with E-state index in [0.717, 1.165) is 48.6 Å². The van der Waals surface area contributed by atoms with Crippen molar-refractivity contribution in [2.75, 3.05) is 62.2 Å². The highest BCUT2D eigenvalue weighted by Gasteiger charge is 2.43. The fraction of sp³-hybridized carbons (Fsp3) is 0.360. The molecular weight excluding hydrogens is 610 g/mol. The number of halogens is 2. The highest BCUT2D eigenvalue weighted by molar-refractivity contribution is 14.1. The van der Waals surface area contributed by atoms with Crippen molar-refractivity contribution in [1.82, 2.24) is 15.3 Å². The van der Waals surface area contributed by atoms with E-state index in [2.05, 4.69) is 62.3 Å². The van der Waals surface area contributed by atoms with Gasteiger partial charge in [-0.2, -0.15) is 7.84 Å². The molecule has 0 amide bonds. The van der Waals surface area contributed by atoms with Crippen molar-refractivity contribution in [3.8, 4) is 5.75 Å². The lowest BCUT2D eigenvalue weighted by Gasteiger charge is -2.39. The Morgan fingerprint density at radius 3 is 2.64 bits per heavy atom. The molecule has 0 aliphatic carbocycles. The summed E-state index contributed by atoms with van der Waals surface area (Å²) in [7, 11) is -0.0866. The number of ether oxygens (including phenoxy) is 1. The second-order valence-corrected chi connectivity index (χ2v) is 14.6. The molecule has 11 heteroatoms. The van der Waals surface area contributed by atoms with Gasteiger partial charge in [0.15, 0.2) is 36.3 Å². The van der Waals surface area contributed by atoms with Gasteiger partial charge in [0.05, 0.1) is 38.0 Å². The summed E-state index contributed by atoms with van der Waals surface area (Å²) in [6.07, 6.45) is 2.82. The number of methoxy groups -OCH3 is 1. The molecule has 0 radical (unpaired) electrons. The summed E-state index contributed by atoms with van der Waals surface area (Å²) in [5.74, 6) is 1.68. The topological polar surface area (TPSA) is 83.6 Å². The summed E-state index contributed by atoms with van der Waals surface area (Å²) < 4.78 is 11.5. The van der Waals surface area contributed by atoms with Crippen LogP contribution in [-0.2, 0) is 2.85 Å². The molecule has 3 N–H and O–H groups in total. The molecule has 1 aromatic heterocycles. The maximum Gasteiger partial charge on any atom is 0.229 e. The third-order valence-electron chi connectivity index (χ3n) is 6.89. The van der Waals surface area contributed by atoms with E-state index in [1.165, 1.54) is 12.1 Å². The number of anilines is 5. The van der Waals surface area contributed by atoms with Gasteiger partial charge < -0.3 is 25.6 Å². The number of hydrogen-bond acceptors (Lipinski definition) is 8. The van der Waals surface area contributed by atoms with Crippen molar-refractivity contribution >= 4 is 76.2 Å². The molecule has 1 spiro atoms. The van der Waals surface area contributed by atoms with Crippen molar-refractivity contribution in [3.05, 3.63) is 53.7 Å². The van der Waals surface area contributed by atoms with Crippen molar-refractivity contribution in [3.63, 3.8) is 0 Å². The highest BCUT2D eigenvalue weighted by atomic mass is 127. The summed E-state index contributed by atoms with van der Waals surface area (Å²) in [5, 5.41) is 11.6. The number of nitrogens with one attached hydrogen (secondary N) is 3. The maximum absolute atomic E-state index is 6.47. The normalized spacial score (nSPS) is 16.6. The fourth-order valence-electron chi connectivity index (χ4n) is 4.75. The number of hydrogen-bond donors (Lipinski definition) is 3. The van der Waals surface area contributed by atoms with E-state index in [9.17, 15) is 0 Å². The van der Waals surface area contributed by atoms with Gasteiger partial charge in [-0.25, -0.2) is 4.98 Å². The lowest BCUT2D eigenvalue weighted by Crippen LogP contribution is -2.54. The molecule has 2 saturated heterocycles. The molecule has 0 saturated carbocycles. The summed E-state index contributed by atoms with van der Waals surface area (Å²) in [6.45, 7) is 8.61. The first-order valence-corrected chi connectivity index (χ1v) is 15.6. The van der Waals surface area contributed by atoms with Crippen LogP contribution in [0.2, 0.25) is 5.02 Å². The smallest absolute Gasteiger partial charge is 0.229 e. The maximum atomic E-state index is 6.47. The average molecular weight is 640 g/mol. The molecule has 2 fully saturated rings. The lowest BCUT2D eigenvalue weighted by atomic mass is 9.81. The zero-order valence-corrected chi connectivity index (χ0v) is 24.3. The first kappa shape index (κ1) is 25.7. The van der Waals surface area contributed by atoms with E-state index in [1.807, 2.05) is 47.3 Å². The van der Waals surface area contributed by atoms with Crippen molar-refractivity contribution < 1.29 is 7.59 Å². The Morgan fingerprint density at radius 2 is 1.94 bits per heavy atom. The van der Waals surface area contributed by atoms with Gasteiger partial charge in [-0.1, -0.05) is 23.7 Å². The van der Waals surface area contributed by atoms with Crippen LogP contribution in [0.1, 0.15) is 6.42 Å². The molecule has 0 unspecified atom stereocenters. The second-order valence-electron chi connectivity index (χ2n) is 9.74. The Hall–Kier alpha value is -1.91. The molecule has 0 bridgehead atoms.